The van der Waals surface area contributed by atoms with E-state index >= 15 is 0 Å². The third kappa shape index (κ3) is 3.34. The number of aromatic nitrogens is 2. The molecule has 0 bridgehead atoms. The molecule has 2 aromatic carbocycles. The Morgan fingerprint density at radius 2 is 1.97 bits per heavy atom. The average Bonchev–Trinajstić information content (AvgIpc) is 3.11. The first-order chi connectivity index (χ1) is 15.0. The van der Waals surface area contributed by atoms with Gasteiger partial charge in [0.2, 0.25) is 0 Å². The topological polar surface area (TPSA) is 90.0 Å². The Bertz CT molecular complexity index is 1350. The maximum atomic E-state index is 12.9. The molecular weight excluding hydrogens is 388 g/mol. The van der Waals surface area contributed by atoms with Crippen LogP contribution in [0, 0.1) is 0 Å². The van der Waals surface area contributed by atoms with E-state index in [0.717, 1.165) is 58.0 Å². The largest absolute Gasteiger partial charge is 0.384 e. The maximum Gasteiger partial charge on any atom is 0.251 e. The van der Waals surface area contributed by atoms with Gasteiger partial charge < -0.3 is 15.6 Å². The summed E-state index contributed by atoms with van der Waals surface area (Å²) in [4.78, 5) is 29.7. The van der Waals surface area contributed by atoms with Crippen molar-refractivity contribution in [2.24, 2.45) is 0 Å². The predicted molar refractivity (Wildman–Crippen MR) is 122 cm³/mol. The highest BCUT2D eigenvalue weighted by Gasteiger charge is 2.25. The predicted octanol–water partition coefficient (Wildman–Crippen LogP) is 4.24. The number of aryl methyl sites for hydroxylation is 2. The second-order valence-electron chi connectivity index (χ2n) is 8.03. The van der Waals surface area contributed by atoms with Crippen molar-refractivity contribution < 1.29 is 9.59 Å². The number of hydrogen-bond donors (Lipinski definition) is 2. The fraction of sp³-hybridized carbons (Fsp3) is 0.240. The van der Waals surface area contributed by atoms with Gasteiger partial charge >= 0.3 is 0 Å². The lowest BCUT2D eigenvalue weighted by molar-refractivity contribution is 0.0947. The summed E-state index contributed by atoms with van der Waals surface area (Å²) in [5.74, 6) is 0.543. The minimum Gasteiger partial charge on any atom is -0.384 e. The Hall–Kier alpha value is -3.67. The van der Waals surface area contributed by atoms with Crippen LogP contribution in [0.5, 0.6) is 0 Å². The minimum absolute atomic E-state index is 0.136. The summed E-state index contributed by atoms with van der Waals surface area (Å²) in [6.07, 6.45) is 2.34. The van der Waals surface area contributed by atoms with Crippen molar-refractivity contribution in [2.75, 3.05) is 5.73 Å². The Kier molecular flexibility index (Phi) is 4.70. The van der Waals surface area contributed by atoms with Crippen LogP contribution < -0.4 is 11.1 Å². The average molecular weight is 412 g/mol. The normalized spacial score (nSPS) is 13.5. The van der Waals surface area contributed by atoms with Crippen LogP contribution in [0.1, 0.15) is 51.7 Å². The molecule has 156 valence electrons. The number of hydrogen-bond acceptors (Lipinski definition) is 4. The monoisotopic (exact) mass is 412 g/mol. The highest BCUT2D eigenvalue weighted by Crippen LogP contribution is 2.33. The van der Waals surface area contributed by atoms with E-state index in [1.165, 1.54) is 0 Å². The number of Topliss-reactive ketones (excluding diaryl/α,β-unsaturated/α-hetero) is 1. The van der Waals surface area contributed by atoms with Crippen LogP contribution in [0.4, 0.5) is 5.82 Å². The van der Waals surface area contributed by atoms with E-state index in [9.17, 15) is 9.59 Å². The number of nitrogen functional groups attached to an aromatic ring is 1. The van der Waals surface area contributed by atoms with Crippen LogP contribution in [0.25, 0.3) is 21.8 Å². The lowest BCUT2D eigenvalue weighted by Gasteiger charge is -2.13. The Morgan fingerprint density at radius 1 is 1.13 bits per heavy atom. The number of nitrogens with two attached hydrogens (primary N) is 1. The summed E-state index contributed by atoms with van der Waals surface area (Å²) in [6, 6.07) is 15.3. The van der Waals surface area contributed by atoms with E-state index in [-0.39, 0.29) is 11.7 Å². The van der Waals surface area contributed by atoms with Gasteiger partial charge in [0.25, 0.3) is 5.91 Å². The van der Waals surface area contributed by atoms with E-state index in [0.29, 0.717) is 24.3 Å². The summed E-state index contributed by atoms with van der Waals surface area (Å²) < 4.78 is 2.08. The zero-order valence-corrected chi connectivity index (χ0v) is 17.4. The second-order valence-corrected chi connectivity index (χ2v) is 8.03. The van der Waals surface area contributed by atoms with Gasteiger partial charge in [0.05, 0.1) is 11.2 Å². The van der Waals surface area contributed by atoms with E-state index in [2.05, 4.69) is 14.9 Å². The number of pyridine rings is 1. The molecule has 5 rings (SSSR count). The molecule has 1 amide bonds. The molecule has 0 unspecified atom stereocenters. The molecule has 2 heterocycles. The SMILES string of the molecule is CCn1c2c(c3cc(C(=O)NCc4ccc5ccc(N)nc5c4)ccc31)CCCC2=O. The van der Waals surface area contributed by atoms with Crippen LogP contribution in [-0.4, -0.2) is 21.2 Å². The lowest BCUT2D eigenvalue weighted by Crippen LogP contribution is -2.22. The molecule has 6 heteroatoms. The number of benzene rings is 2. The Balaban J connectivity index is 1.42. The molecule has 0 radical (unpaired) electrons. The fourth-order valence-electron chi connectivity index (χ4n) is 4.58. The summed E-state index contributed by atoms with van der Waals surface area (Å²) in [6.45, 7) is 3.19. The van der Waals surface area contributed by atoms with Crippen molar-refractivity contribution in [3.8, 4) is 0 Å². The van der Waals surface area contributed by atoms with Crippen LogP contribution in [0.15, 0.2) is 48.5 Å². The van der Waals surface area contributed by atoms with Crippen molar-refractivity contribution in [2.45, 2.75) is 39.3 Å². The highest BCUT2D eigenvalue weighted by molar-refractivity contribution is 6.06. The number of carbonyl (C=O) groups is 2. The van der Waals surface area contributed by atoms with E-state index in [1.807, 2.05) is 49.4 Å². The summed E-state index contributed by atoms with van der Waals surface area (Å²) >= 11 is 0. The van der Waals surface area contributed by atoms with Crippen molar-refractivity contribution >= 4 is 39.3 Å². The molecule has 0 saturated carbocycles. The maximum absolute atomic E-state index is 12.9. The van der Waals surface area contributed by atoms with E-state index in [4.69, 9.17) is 5.73 Å². The number of fused-ring (bicyclic) bond motifs is 4. The first kappa shape index (κ1) is 19.3. The molecule has 0 saturated heterocycles. The zero-order valence-electron chi connectivity index (χ0n) is 17.4. The van der Waals surface area contributed by atoms with Gasteiger partial charge in [-0.3, -0.25) is 9.59 Å². The third-order valence-electron chi connectivity index (χ3n) is 6.07. The van der Waals surface area contributed by atoms with Crippen molar-refractivity contribution in [3.05, 3.63) is 70.9 Å². The van der Waals surface area contributed by atoms with Crippen LogP contribution >= 0.6 is 0 Å². The summed E-state index contributed by atoms with van der Waals surface area (Å²) in [5.41, 5.74) is 11.1. The second kappa shape index (κ2) is 7.54. The number of amides is 1. The fourth-order valence-corrected chi connectivity index (χ4v) is 4.58. The van der Waals surface area contributed by atoms with Gasteiger partial charge in [-0.2, -0.15) is 0 Å². The number of rotatable bonds is 4. The molecule has 1 aliphatic carbocycles. The van der Waals surface area contributed by atoms with Gasteiger partial charge in [0.15, 0.2) is 5.78 Å². The molecule has 0 atom stereocenters. The van der Waals surface area contributed by atoms with Gasteiger partial charge in [0.1, 0.15) is 5.82 Å². The number of nitrogens with zero attached hydrogens (tertiary/aromatic N) is 2. The number of anilines is 1. The lowest BCUT2D eigenvalue weighted by atomic mass is 9.94. The number of nitrogens with one attached hydrogen (secondary N) is 1. The van der Waals surface area contributed by atoms with Crippen LogP contribution in [-0.2, 0) is 19.5 Å². The molecule has 0 aliphatic heterocycles. The summed E-state index contributed by atoms with van der Waals surface area (Å²) in [5, 5.41) is 5.02. The molecule has 0 fully saturated rings. The van der Waals surface area contributed by atoms with E-state index < -0.39 is 0 Å². The Labute approximate surface area is 180 Å². The van der Waals surface area contributed by atoms with Gasteiger partial charge in [-0.15, -0.1) is 0 Å². The quantitative estimate of drug-likeness (QED) is 0.525. The third-order valence-corrected chi connectivity index (χ3v) is 6.07. The van der Waals surface area contributed by atoms with Gasteiger partial charge in [-0.05, 0) is 67.3 Å². The highest BCUT2D eigenvalue weighted by atomic mass is 16.1. The Morgan fingerprint density at radius 3 is 2.81 bits per heavy atom. The van der Waals surface area contributed by atoms with Crippen LogP contribution in [0.2, 0.25) is 0 Å². The van der Waals surface area contributed by atoms with Gasteiger partial charge in [0, 0.05) is 41.4 Å². The molecule has 2 aromatic heterocycles. The molecule has 0 spiro atoms. The minimum atomic E-state index is -0.136. The molecule has 31 heavy (non-hydrogen) atoms. The zero-order chi connectivity index (χ0) is 21.5. The number of carbonyl (C=O) groups excluding carboxylic acids is 2. The van der Waals surface area contributed by atoms with Gasteiger partial charge in [-0.1, -0.05) is 12.1 Å². The molecule has 3 N–H and O–H groups in total. The van der Waals surface area contributed by atoms with Crippen molar-refractivity contribution in [1.82, 2.24) is 14.9 Å². The van der Waals surface area contributed by atoms with Crippen LogP contribution in [0.3, 0.4) is 0 Å². The molecule has 6 nitrogen and oxygen atoms in total. The van der Waals surface area contributed by atoms with E-state index in [1.54, 1.807) is 6.07 Å². The van der Waals surface area contributed by atoms with Crippen molar-refractivity contribution in [3.63, 3.8) is 0 Å². The standard InChI is InChI=1S/C25H24N4O2/c1-2-29-21-10-8-17(13-19(21)18-4-3-5-22(30)24(18)29)25(31)27-14-15-6-7-16-9-11-23(26)28-20(16)12-15/h6-13H,2-5,14H2,1H3,(H2,26,28)(H,27,31). The first-order valence-corrected chi connectivity index (χ1v) is 10.7. The number of ketones is 1. The smallest absolute Gasteiger partial charge is 0.251 e. The molecule has 1 aliphatic rings. The van der Waals surface area contributed by atoms with Crippen molar-refractivity contribution in [1.29, 1.82) is 0 Å². The first-order valence-electron chi connectivity index (χ1n) is 10.7. The molecular formula is C25H24N4O2. The van der Waals surface area contributed by atoms with Gasteiger partial charge in [-0.25, -0.2) is 4.98 Å². The summed E-state index contributed by atoms with van der Waals surface area (Å²) in [7, 11) is 0. The molecule has 4 aromatic rings.